The molecule has 3 rings (SSSR count). The molecule has 0 aliphatic heterocycles. The van der Waals surface area contributed by atoms with Crippen molar-refractivity contribution in [2.75, 3.05) is 5.32 Å². The van der Waals surface area contributed by atoms with Crippen LogP contribution in [0, 0.1) is 20.8 Å². The van der Waals surface area contributed by atoms with Crippen LogP contribution in [-0.4, -0.2) is 30.5 Å². The first-order valence-electron chi connectivity index (χ1n) is 8.50. The van der Waals surface area contributed by atoms with Gasteiger partial charge in [0, 0.05) is 30.5 Å². The third kappa shape index (κ3) is 3.01. The lowest BCUT2D eigenvalue weighted by molar-refractivity contribution is 0.102. The van der Waals surface area contributed by atoms with E-state index in [1.54, 1.807) is 10.7 Å². The van der Waals surface area contributed by atoms with E-state index < -0.39 is 0 Å². The molecular weight excluding hydrogens is 316 g/mol. The summed E-state index contributed by atoms with van der Waals surface area (Å²) in [5, 5.41) is 12.6. The molecule has 1 N–H and O–H groups in total. The van der Waals surface area contributed by atoms with Gasteiger partial charge < -0.3 is 5.32 Å². The van der Waals surface area contributed by atoms with Gasteiger partial charge in [0.1, 0.15) is 0 Å². The summed E-state index contributed by atoms with van der Waals surface area (Å²) in [7, 11) is 1.83. The molecule has 1 unspecified atom stereocenters. The third-order valence-electron chi connectivity index (χ3n) is 4.51. The summed E-state index contributed by atoms with van der Waals surface area (Å²) in [6.07, 6.45) is 0.981. The van der Waals surface area contributed by atoms with E-state index in [-0.39, 0.29) is 5.91 Å². The van der Waals surface area contributed by atoms with Crippen molar-refractivity contribution in [1.82, 2.24) is 24.5 Å². The highest BCUT2D eigenvalue weighted by Gasteiger charge is 2.19. The summed E-state index contributed by atoms with van der Waals surface area (Å²) in [6, 6.07) is 3.98. The molecule has 0 saturated carbocycles. The Bertz CT molecular complexity index is 952. The number of pyridine rings is 1. The minimum atomic E-state index is -0.194. The van der Waals surface area contributed by atoms with Gasteiger partial charge in [-0.2, -0.15) is 10.2 Å². The number of nitrogens with zero attached hydrogens (tertiary/aromatic N) is 5. The fourth-order valence-electron chi connectivity index (χ4n) is 3.10. The number of rotatable bonds is 4. The van der Waals surface area contributed by atoms with E-state index in [1.807, 2.05) is 38.6 Å². The lowest BCUT2D eigenvalue weighted by atomic mass is 10.1. The summed E-state index contributed by atoms with van der Waals surface area (Å²) in [4.78, 5) is 17.4. The van der Waals surface area contributed by atoms with Crippen LogP contribution in [0.15, 0.2) is 12.1 Å². The molecule has 0 aromatic carbocycles. The maximum Gasteiger partial charge on any atom is 0.257 e. The van der Waals surface area contributed by atoms with Crippen LogP contribution in [-0.2, 0) is 7.05 Å². The topological polar surface area (TPSA) is 77.6 Å². The summed E-state index contributed by atoms with van der Waals surface area (Å²) in [5.74, 6) is 0.368. The van der Waals surface area contributed by atoms with Gasteiger partial charge in [-0.3, -0.25) is 14.2 Å². The molecule has 0 aliphatic rings. The molecule has 1 atom stereocenters. The number of fused-ring (bicyclic) bond motifs is 1. The Balaban J connectivity index is 1.98. The molecule has 25 heavy (non-hydrogen) atoms. The summed E-state index contributed by atoms with van der Waals surface area (Å²) < 4.78 is 3.65. The highest BCUT2D eigenvalue weighted by molar-refractivity contribution is 6.12. The Kier molecular flexibility index (Phi) is 4.32. The van der Waals surface area contributed by atoms with E-state index >= 15 is 0 Å². The summed E-state index contributed by atoms with van der Waals surface area (Å²) in [5.41, 5.74) is 3.88. The molecule has 0 bridgehead atoms. The molecule has 3 aromatic heterocycles. The van der Waals surface area contributed by atoms with E-state index in [2.05, 4.69) is 34.3 Å². The van der Waals surface area contributed by atoms with Crippen molar-refractivity contribution in [3.8, 4) is 0 Å². The number of carbonyl (C=O) groups is 1. The number of aromatic nitrogens is 5. The summed E-state index contributed by atoms with van der Waals surface area (Å²) in [6.45, 7) is 9.99. The smallest absolute Gasteiger partial charge is 0.257 e. The first-order chi connectivity index (χ1) is 11.8. The van der Waals surface area contributed by atoms with Crippen molar-refractivity contribution in [2.45, 2.75) is 47.1 Å². The molecular formula is C18H24N6O. The maximum atomic E-state index is 12.9. The van der Waals surface area contributed by atoms with Crippen molar-refractivity contribution >= 4 is 22.8 Å². The van der Waals surface area contributed by atoms with Crippen LogP contribution in [0.25, 0.3) is 11.0 Å². The number of hydrogen-bond acceptors (Lipinski definition) is 4. The van der Waals surface area contributed by atoms with Crippen molar-refractivity contribution in [2.24, 2.45) is 7.05 Å². The van der Waals surface area contributed by atoms with Gasteiger partial charge in [0.25, 0.3) is 5.91 Å². The zero-order valence-corrected chi connectivity index (χ0v) is 15.6. The Morgan fingerprint density at radius 1 is 1.24 bits per heavy atom. The lowest BCUT2D eigenvalue weighted by Crippen LogP contribution is -2.14. The minimum absolute atomic E-state index is 0.194. The fraction of sp³-hybridized carbons (Fsp3) is 0.444. The number of carbonyl (C=O) groups excluding carboxylic acids is 1. The predicted molar refractivity (Wildman–Crippen MR) is 97.9 cm³/mol. The highest BCUT2D eigenvalue weighted by atomic mass is 16.1. The van der Waals surface area contributed by atoms with Crippen LogP contribution in [0.5, 0.6) is 0 Å². The first kappa shape index (κ1) is 17.1. The number of hydrogen-bond donors (Lipinski definition) is 1. The van der Waals surface area contributed by atoms with Crippen molar-refractivity contribution in [3.63, 3.8) is 0 Å². The molecule has 0 saturated heterocycles. The Labute approximate surface area is 147 Å². The third-order valence-corrected chi connectivity index (χ3v) is 4.51. The van der Waals surface area contributed by atoms with Gasteiger partial charge in [0.2, 0.25) is 0 Å². The largest absolute Gasteiger partial charge is 0.305 e. The molecule has 7 heteroatoms. The van der Waals surface area contributed by atoms with Crippen molar-refractivity contribution < 1.29 is 4.79 Å². The molecule has 0 aliphatic carbocycles. The first-order valence-corrected chi connectivity index (χ1v) is 8.50. The molecule has 7 nitrogen and oxygen atoms in total. The maximum absolute atomic E-state index is 12.9. The lowest BCUT2D eigenvalue weighted by Gasteiger charge is -2.11. The van der Waals surface area contributed by atoms with Gasteiger partial charge in [-0.05, 0) is 40.2 Å². The van der Waals surface area contributed by atoms with E-state index in [0.717, 1.165) is 28.9 Å². The quantitative estimate of drug-likeness (QED) is 0.790. The summed E-state index contributed by atoms with van der Waals surface area (Å²) >= 11 is 0. The second kappa shape index (κ2) is 6.31. The van der Waals surface area contributed by atoms with Gasteiger partial charge in [-0.25, -0.2) is 4.98 Å². The molecule has 0 spiro atoms. The van der Waals surface area contributed by atoms with E-state index in [0.29, 0.717) is 23.1 Å². The Morgan fingerprint density at radius 3 is 2.64 bits per heavy atom. The van der Waals surface area contributed by atoms with Crippen LogP contribution >= 0.6 is 0 Å². The van der Waals surface area contributed by atoms with Crippen LogP contribution in [0.2, 0.25) is 0 Å². The van der Waals surface area contributed by atoms with Gasteiger partial charge in [-0.1, -0.05) is 6.92 Å². The van der Waals surface area contributed by atoms with E-state index in [4.69, 9.17) is 0 Å². The SMILES string of the molecule is CCC(C)n1nc(NC(=O)c2cc(C)nc3c2c(C)nn3C)cc1C. The average molecular weight is 340 g/mol. The monoisotopic (exact) mass is 340 g/mol. The van der Waals surface area contributed by atoms with Gasteiger partial charge >= 0.3 is 0 Å². The van der Waals surface area contributed by atoms with Crippen molar-refractivity contribution in [3.05, 3.63) is 34.8 Å². The van der Waals surface area contributed by atoms with Crippen molar-refractivity contribution in [1.29, 1.82) is 0 Å². The zero-order chi connectivity index (χ0) is 18.3. The van der Waals surface area contributed by atoms with Gasteiger partial charge in [-0.15, -0.1) is 0 Å². The highest BCUT2D eigenvalue weighted by Crippen LogP contribution is 2.23. The van der Waals surface area contributed by atoms with Crippen LogP contribution in [0.4, 0.5) is 5.82 Å². The number of aryl methyl sites for hydroxylation is 4. The number of anilines is 1. The molecule has 3 heterocycles. The Hall–Kier alpha value is -2.70. The van der Waals surface area contributed by atoms with Crippen LogP contribution in [0.3, 0.4) is 0 Å². The zero-order valence-electron chi connectivity index (χ0n) is 15.6. The predicted octanol–water partition coefficient (Wildman–Crippen LogP) is 3.31. The second-order valence-electron chi connectivity index (χ2n) is 6.55. The second-order valence-corrected chi connectivity index (χ2v) is 6.55. The van der Waals surface area contributed by atoms with Gasteiger partial charge in [0.15, 0.2) is 11.5 Å². The normalized spacial score (nSPS) is 12.6. The molecule has 0 fully saturated rings. The number of amides is 1. The van der Waals surface area contributed by atoms with E-state index in [1.165, 1.54) is 0 Å². The molecule has 132 valence electrons. The Morgan fingerprint density at radius 2 is 1.96 bits per heavy atom. The molecule has 1 amide bonds. The molecule has 0 radical (unpaired) electrons. The van der Waals surface area contributed by atoms with E-state index in [9.17, 15) is 4.79 Å². The minimum Gasteiger partial charge on any atom is -0.305 e. The molecule has 3 aromatic rings. The standard InChI is InChI=1S/C18H24N6O/c1-7-11(3)24-12(4)9-15(22-24)20-18(25)14-8-10(2)19-17-16(14)13(5)21-23(17)6/h8-9,11H,7H2,1-6H3,(H,20,22,25). The fourth-order valence-corrected chi connectivity index (χ4v) is 3.10. The number of nitrogens with one attached hydrogen (secondary N) is 1. The van der Waals surface area contributed by atoms with Crippen LogP contribution < -0.4 is 5.32 Å². The average Bonchev–Trinajstić information content (AvgIpc) is 3.06. The van der Waals surface area contributed by atoms with Gasteiger partial charge in [0.05, 0.1) is 16.6 Å². The van der Waals surface area contributed by atoms with Crippen LogP contribution in [0.1, 0.15) is 53.7 Å².